The molecule has 0 aliphatic rings. The Morgan fingerprint density at radius 2 is 1.74 bits per heavy atom. The summed E-state index contributed by atoms with van der Waals surface area (Å²) in [5.74, 6) is 1.05. The Morgan fingerprint density at radius 1 is 1.13 bits per heavy atom. The number of phenols is 1. The summed E-state index contributed by atoms with van der Waals surface area (Å²) in [5.41, 5.74) is 0.984. The molecule has 1 unspecified atom stereocenters. The number of hydrogen-bond acceptors (Lipinski definition) is 2. The zero-order valence-corrected chi connectivity index (χ0v) is 15.4. The van der Waals surface area contributed by atoms with Crippen LogP contribution in [0.2, 0.25) is 0 Å². The van der Waals surface area contributed by atoms with Gasteiger partial charge in [0.1, 0.15) is 5.75 Å². The van der Waals surface area contributed by atoms with E-state index < -0.39 is 0 Å². The molecule has 0 aliphatic heterocycles. The van der Waals surface area contributed by atoms with Gasteiger partial charge in [0.25, 0.3) is 0 Å². The van der Waals surface area contributed by atoms with E-state index in [1.807, 2.05) is 12.1 Å². The van der Waals surface area contributed by atoms with Gasteiger partial charge in [0.05, 0.1) is 0 Å². The molecular formula is C20H33NO2. The van der Waals surface area contributed by atoms with Crippen molar-refractivity contribution in [1.82, 2.24) is 5.32 Å². The molecule has 0 radical (unpaired) electrons. The van der Waals surface area contributed by atoms with Gasteiger partial charge in [-0.3, -0.25) is 4.79 Å². The monoisotopic (exact) mass is 319 g/mol. The minimum atomic E-state index is -0.0973. The molecule has 0 bridgehead atoms. The molecule has 0 saturated carbocycles. The molecule has 0 fully saturated rings. The van der Waals surface area contributed by atoms with Crippen molar-refractivity contribution < 1.29 is 9.90 Å². The smallest absolute Gasteiger partial charge is 0.223 e. The average Bonchev–Trinajstić information content (AvgIpc) is 2.44. The van der Waals surface area contributed by atoms with Crippen molar-refractivity contribution in [1.29, 1.82) is 0 Å². The number of hydrogen-bond donors (Lipinski definition) is 2. The molecule has 1 rings (SSSR count). The van der Waals surface area contributed by atoms with Gasteiger partial charge < -0.3 is 10.4 Å². The highest BCUT2D eigenvalue weighted by Crippen LogP contribution is 2.29. The van der Waals surface area contributed by atoms with Crippen LogP contribution in [0.1, 0.15) is 59.4 Å². The lowest BCUT2D eigenvalue weighted by molar-refractivity contribution is -0.128. The molecule has 0 spiro atoms. The first-order valence-electron chi connectivity index (χ1n) is 8.75. The maximum Gasteiger partial charge on any atom is 0.223 e. The zero-order chi connectivity index (χ0) is 17.5. The molecular weight excluding hydrogens is 286 g/mol. The van der Waals surface area contributed by atoms with Crippen molar-refractivity contribution >= 4 is 5.91 Å². The summed E-state index contributed by atoms with van der Waals surface area (Å²) in [6, 6.07) is 7.14. The van der Waals surface area contributed by atoms with Crippen LogP contribution in [0.25, 0.3) is 0 Å². The summed E-state index contributed by atoms with van der Waals surface area (Å²) in [6.45, 7) is 11.5. The predicted octanol–water partition coefficient (Wildman–Crippen LogP) is 4.54. The largest absolute Gasteiger partial charge is 0.508 e. The number of phenolic OH excluding ortho intramolecular Hbond substituents is 1. The van der Waals surface area contributed by atoms with Crippen LogP contribution in [0.15, 0.2) is 24.3 Å². The van der Waals surface area contributed by atoms with E-state index >= 15 is 0 Å². The Kier molecular flexibility index (Phi) is 7.60. The fourth-order valence-electron chi connectivity index (χ4n) is 2.67. The fraction of sp³-hybridized carbons (Fsp3) is 0.650. The summed E-state index contributed by atoms with van der Waals surface area (Å²) >= 11 is 0. The van der Waals surface area contributed by atoms with Crippen molar-refractivity contribution in [2.24, 2.45) is 17.3 Å². The van der Waals surface area contributed by atoms with E-state index in [0.717, 1.165) is 30.9 Å². The fourth-order valence-corrected chi connectivity index (χ4v) is 2.67. The summed E-state index contributed by atoms with van der Waals surface area (Å²) in [7, 11) is 0. The van der Waals surface area contributed by atoms with Crippen molar-refractivity contribution in [3.05, 3.63) is 29.8 Å². The molecule has 0 saturated heterocycles. The van der Waals surface area contributed by atoms with Gasteiger partial charge in [-0.1, -0.05) is 59.6 Å². The first-order valence-corrected chi connectivity index (χ1v) is 8.75. The van der Waals surface area contributed by atoms with Gasteiger partial charge in [-0.15, -0.1) is 0 Å². The molecule has 1 amide bonds. The van der Waals surface area contributed by atoms with E-state index in [2.05, 4.69) is 39.9 Å². The maximum atomic E-state index is 12.6. The van der Waals surface area contributed by atoms with E-state index in [0.29, 0.717) is 6.42 Å². The first-order chi connectivity index (χ1) is 10.7. The standard InChI is InChI=1S/C20H33NO2/c1-15(2)8-6-7-13-21-19(23)18(20(3,4)5)14-16-9-11-17(22)12-10-16/h9-12,15,18,22H,6-8,13-14H2,1-5H3,(H,21,23). The molecule has 3 heteroatoms. The second kappa shape index (κ2) is 8.95. The van der Waals surface area contributed by atoms with E-state index in [-0.39, 0.29) is 23.0 Å². The lowest BCUT2D eigenvalue weighted by Gasteiger charge is -2.30. The van der Waals surface area contributed by atoms with Crippen LogP contribution in [0.3, 0.4) is 0 Å². The van der Waals surface area contributed by atoms with Crippen LogP contribution in [0, 0.1) is 17.3 Å². The van der Waals surface area contributed by atoms with Gasteiger partial charge in [-0.25, -0.2) is 0 Å². The Bertz CT molecular complexity index is 471. The molecule has 3 nitrogen and oxygen atoms in total. The van der Waals surface area contributed by atoms with Crippen molar-refractivity contribution in [3.8, 4) is 5.75 Å². The van der Waals surface area contributed by atoms with Crippen LogP contribution in [-0.4, -0.2) is 17.6 Å². The second-order valence-corrected chi connectivity index (χ2v) is 7.97. The lowest BCUT2D eigenvalue weighted by atomic mass is 9.76. The summed E-state index contributed by atoms with van der Waals surface area (Å²) < 4.78 is 0. The third-order valence-corrected chi connectivity index (χ3v) is 4.25. The summed E-state index contributed by atoms with van der Waals surface area (Å²) in [5, 5.41) is 12.5. The molecule has 0 heterocycles. The highest BCUT2D eigenvalue weighted by molar-refractivity contribution is 5.79. The molecule has 2 N–H and O–H groups in total. The molecule has 1 atom stereocenters. The normalized spacial score (nSPS) is 13.1. The lowest BCUT2D eigenvalue weighted by Crippen LogP contribution is -2.39. The van der Waals surface area contributed by atoms with Gasteiger partial charge in [-0.2, -0.15) is 0 Å². The Morgan fingerprint density at radius 3 is 2.26 bits per heavy atom. The highest BCUT2D eigenvalue weighted by Gasteiger charge is 2.31. The topological polar surface area (TPSA) is 49.3 Å². The highest BCUT2D eigenvalue weighted by atomic mass is 16.3. The first kappa shape index (κ1) is 19.5. The molecule has 1 aromatic carbocycles. The minimum Gasteiger partial charge on any atom is -0.508 e. The van der Waals surface area contributed by atoms with E-state index in [1.165, 1.54) is 6.42 Å². The second-order valence-electron chi connectivity index (χ2n) is 7.97. The van der Waals surface area contributed by atoms with Crippen LogP contribution < -0.4 is 5.32 Å². The quantitative estimate of drug-likeness (QED) is 0.691. The zero-order valence-electron chi connectivity index (χ0n) is 15.4. The van der Waals surface area contributed by atoms with Crippen LogP contribution in [0.4, 0.5) is 0 Å². The number of nitrogens with one attached hydrogen (secondary N) is 1. The van der Waals surface area contributed by atoms with Gasteiger partial charge >= 0.3 is 0 Å². The van der Waals surface area contributed by atoms with Gasteiger partial charge in [0, 0.05) is 12.5 Å². The van der Waals surface area contributed by atoms with Gasteiger partial charge in [0.15, 0.2) is 0 Å². The predicted molar refractivity (Wildman–Crippen MR) is 96.5 cm³/mol. The number of amides is 1. The molecule has 0 aromatic heterocycles. The van der Waals surface area contributed by atoms with Crippen LogP contribution in [-0.2, 0) is 11.2 Å². The SMILES string of the molecule is CC(C)CCCCNC(=O)C(Cc1ccc(O)cc1)C(C)(C)C. The minimum absolute atomic E-state index is 0.0721. The number of carbonyl (C=O) groups is 1. The average molecular weight is 319 g/mol. The molecule has 0 aliphatic carbocycles. The van der Waals surface area contributed by atoms with Crippen LogP contribution in [0.5, 0.6) is 5.75 Å². The maximum absolute atomic E-state index is 12.6. The van der Waals surface area contributed by atoms with Gasteiger partial charge in [0.2, 0.25) is 5.91 Å². The number of aromatic hydroxyl groups is 1. The number of rotatable bonds is 8. The Hall–Kier alpha value is -1.51. The number of benzene rings is 1. The van der Waals surface area contributed by atoms with Gasteiger partial charge in [-0.05, 0) is 41.9 Å². The van der Waals surface area contributed by atoms with Crippen LogP contribution >= 0.6 is 0 Å². The Balaban J connectivity index is 2.56. The molecule has 1 aromatic rings. The van der Waals surface area contributed by atoms with E-state index in [9.17, 15) is 9.90 Å². The molecule has 130 valence electrons. The van der Waals surface area contributed by atoms with Crippen molar-refractivity contribution in [2.75, 3.05) is 6.54 Å². The molecule has 23 heavy (non-hydrogen) atoms. The van der Waals surface area contributed by atoms with E-state index in [1.54, 1.807) is 12.1 Å². The van der Waals surface area contributed by atoms with Crippen molar-refractivity contribution in [3.63, 3.8) is 0 Å². The summed E-state index contributed by atoms with van der Waals surface area (Å²) in [4.78, 5) is 12.6. The number of carbonyl (C=O) groups excluding carboxylic acids is 1. The summed E-state index contributed by atoms with van der Waals surface area (Å²) in [6.07, 6.45) is 4.11. The van der Waals surface area contributed by atoms with E-state index in [4.69, 9.17) is 0 Å². The number of unbranched alkanes of at least 4 members (excludes halogenated alkanes) is 1. The Labute approximate surface area is 141 Å². The third-order valence-electron chi connectivity index (χ3n) is 4.25. The third kappa shape index (κ3) is 7.54. The van der Waals surface area contributed by atoms with Crippen molar-refractivity contribution in [2.45, 2.75) is 60.3 Å².